The average molecular weight is 305 g/mol. The van der Waals surface area contributed by atoms with Gasteiger partial charge in [0.05, 0.1) is 32.8 Å². The van der Waals surface area contributed by atoms with Gasteiger partial charge in [0.25, 0.3) is 0 Å². The predicted octanol–water partition coefficient (Wildman–Crippen LogP) is 2.40. The van der Waals surface area contributed by atoms with Crippen LogP contribution in [0.25, 0.3) is 0 Å². The van der Waals surface area contributed by atoms with E-state index in [4.69, 9.17) is 14.2 Å². The van der Waals surface area contributed by atoms with Crippen LogP contribution in [0.1, 0.15) is 30.9 Å². The normalized spacial score (nSPS) is 24.5. The number of hydrogen-bond acceptors (Lipinski definition) is 4. The lowest BCUT2D eigenvalue weighted by Gasteiger charge is -2.27. The number of nitrogens with zero attached hydrogens (tertiary/aromatic N) is 1. The molecule has 0 saturated carbocycles. The minimum atomic E-state index is 0.0285. The first kappa shape index (κ1) is 15.2. The molecule has 22 heavy (non-hydrogen) atoms. The summed E-state index contributed by atoms with van der Waals surface area (Å²) in [4.78, 5) is 14.7. The molecule has 5 nitrogen and oxygen atoms in total. The van der Waals surface area contributed by atoms with Crippen LogP contribution in [0, 0.1) is 5.92 Å². The number of carbonyl (C=O) groups excluding carboxylic acids is 1. The lowest BCUT2D eigenvalue weighted by molar-refractivity contribution is -0.136. The Kier molecular flexibility index (Phi) is 4.52. The van der Waals surface area contributed by atoms with Crippen molar-refractivity contribution in [3.8, 4) is 11.5 Å². The quantitative estimate of drug-likeness (QED) is 0.857. The summed E-state index contributed by atoms with van der Waals surface area (Å²) in [5.41, 5.74) is 1.11. The molecule has 120 valence electrons. The smallest absolute Gasteiger partial charge is 0.228 e. The van der Waals surface area contributed by atoms with E-state index in [9.17, 15) is 4.79 Å². The fourth-order valence-corrected chi connectivity index (χ4v) is 3.40. The lowest BCUT2D eigenvalue weighted by Crippen LogP contribution is -2.36. The summed E-state index contributed by atoms with van der Waals surface area (Å²) in [5.74, 6) is 1.69. The molecule has 1 amide bonds. The van der Waals surface area contributed by atoms with Gasteiger partial charge in [-0.1, -0.05) is 6.07 Å². The highest BCUT2D eigenvalue weighted by molar-refractivity contribution is 5.80. The van der Waals surface area contributed by atoms with Crippen LogP contribution in [0.15, 0.2) is 18.2 Å². The molecule has 2 saturated heterocycles. The predicted molar refractivity (Wildman–Crippen MR) is 82.2 cm³/mol. The lowest BCUT2D eigenvalue weighted by atomic mass is 10.0. The highest BCUT2D eigenvalue weighted by Crippen LogP contribution is 2.38. The maximum absolute atomic E-state index is 12.7. The minimum absolute atomic E-state index is 0.0285. The van der Waals surface area contributed by atoms with Crippen molar-refractivity contribution < 1.29 is 19.0 Å². The van der Waals surface area contributed by atoms with Crippen molar-refractivity contribution in [2.45, 2.75) is 25.3 Å². The Labute approximate surface area is 131 Å². The van der Waals surface area contributed by atoms with E-state index in [-0.39, 0.29) is 17.9 Å². The molecule has 2 aliphatic rings. The SMILES string of the molecule is COc1ccc([C@H]2CCCN2C(=O)[C@H]2CCOC2)cc1OC. The summed E-state index contributed by atoms with van der Waals surface area (Å²) in [5, 5.41) is 0. The molecule has 2 atom stereocenters. The fraction of sp³-hybridized carbons (Fsp3) is 0.588. The second-order valence-electron chi connectivity index (χ2n) is 5.86. The van der Waals surface area contributed by atoms with Gasteiger partial charge in [0.1, 0.15) is 0 Å². The Morgan fingerprint density at radius 2 is 2.05 bits per heavy atom. The number of methoxy groups -OCH3 is 2. The first-order valence-corrected chi connectivity index (χ1v) is 7.84. The van der Waals surface area contributed by atoms with Gasteiger partial charge in [-0.25, -0.2) is 0 Å². The fourth-order valence-electron chi connectivity index (χ4n) is 3.40. The van der Waals surface area contributed by atoms with E-state index < -0.39 is 0 Å². The van der Waals surface area contributed by atoms with Crippen LogP contribution in [0.4, 0.5) is 0 Å². The van der Waals surface area contributed by atoms with Gasteiger partial charge < -0.3 is 19.1 Å². The maximum Gasteiger partial charge on any atom is 0.228 e. The number of rotatable bonds is 4. The van der Waals surface area contributed by atoms with E-state index >= 15 is 0 Å². The molecule has 0 unspecified atom stereocenters. The third-order valence-corrected chi connectivity index (χ3v) is 4.61. The molecule has 0 radical (unpaired) electrons. The first-order chi connectivity index (χ1) is 10.7. The summed E-state index contributed by atoms with van der Waals surface area (Å²) >= 11 is 0. The van der Waals surface area contributed by atoms with E-state index in [2.05, 4.69) is 0 Å². The van der Waals surface area contributed by atoms with Crippen molar-refractivity contribution in [1.82, 2.24) is 4.90 Å². The van der Waals surface area contributed by atoms with Gasteiger partial charge in [-0.05, 0) is 37.0 Å². The molecule has 3 rings (SSSR count). The Bertz CT molecular complexity index is 539. The van der Waals surface area contributed by atoms with Gasteiger partial charge in [-0.2, -0.15) is 0 Å². The van der Waals surface area contributed by atoms with Gasteiger partial charge in [0.2, 0.25) is 5.91 Å². The zero-order valence-electron chi connectivity index (χ0n) is 13.2. The summed E-state index contributed by atoms with van der Waals surface area (Å²) in [6, 6.07) is 6.06. The number of hydrogen-bond donors (Lipinski definition) is 0. The Hall–Kier alpha value is -1.75. The summed E-state index contributed by atoms with van der Waals surface area (Å²) in [6.07, 6.45) is 2.88. The molecule has 1 aromatic rings. The van der Waals surface area contributed by atoms with Crippen LogP contribution in [-0.2, 0) is 9.53 Å². The van der Waals surface area contributed by atoms with Gasteiger partial charge in [-0.15, -0.1) is 0 Å². The molecule has 0 aromatic heterocycles. The second-order valence-corrected chi connectivity index (χ2v) is 5.86. The Balaban J connectivity index is 1.82. The number of carbonyl (C=O) groups is 1. The van der Waals surface area contributed by atoms with Gasteiger partial charge in [-0.3, -0.25) is 4.79 Å². The summed E-state index contributed by atoms with van der Waals surface area (Å²) in [6.45, 7) is 2.09. The van der Waals surface area contributed by atoms with Crippen molar-refractivity contribution in [1.29, 1.82) is 0 Å². The van der Waals surface area contributed by atoms with E-state index in [1.165, 1.54) is 0 Å². The molecule has 0 N–H and O–H groups in total. The molecule has 5 heteroatoms. The maximum atomic E-state index is 12.7. The standard InChI is InChI=1S/C17H23NO4/c1-20-15-6-5-12(10-16(15)21-2)14-4-3-8-18(14)17(19)13-7-9-22-11-13/h5-6,10,13-14H,3-4,7-9,11H2,1-2H3/t13-,14+/m0/s1. The van der Waals surface area contributed by atoms with Crippen molar-refractivity contribution in [2.24, 2.45) is 5.92 Å². The summed E-state index contributed by atoms with van der Waals surface area (Å²) < 4.78 is 16.0. The van der Waals surface area contributed by atoms with Crippen LogP contribution >= 0.6 is 0 Å². The van der Waals surface area contributed by atoms with E-state index in [1.54, 1.807) is 14.2 Å². The van der Waals surface area contributed by atoms with Gasteiger partial charge in [0.15, 0.2) is 11.5 Å². The number of likely N-dealkylation sites (tertiary alicyclic amines) is 1. The molecule has 0 aliphatic carbocycles. The third kappa shape index (κ3) is 2.77. The van der Waals surface area contributed by atoms with Crippen molar-refractivity contribution in [3.63, 3.8) is 0 Å². The van der Waals surface area contributed by atoms with Crippen molar-refractivity contribution >= 4 is 5.91 Å². The van der Waals surface area contributed by atoms with E-state index in [0.717, 1.165) is 31.4 Å². The number of amides is 1. The van der Waals surface area contributed by atoms with Crippen molar-refractivity contribution in [2.75, 3.05) is 34.0 Å². The molecular weight excluding hydrogens is 282 g/mol. The van der Waals surface area contributed by atoms with Crippen LogP contribution in [0.3, 0.4) is 0 Å². The molecule has 0 spiro atoms. The van der Waals surface area contributed by atoms with Crippen LogP contribution < -0.4 is 9.47 Å². The largest absolute Gasteiger partial charge is 0.493 e. The summed E-state index contributed by atoms with van der Waals surface area (Å²) in [7, 11) is 3.26. The van der Waals surface area contributed by atoms with Gasteiger partial charge >= 0.3 is 0 Å². The zero-order chi connectivity index (χ0) is 15.5. The molecular formula is C17H23NO4. The van der Waals surface area contributed by atoms with Gasteiger partial charge in [0, 0.05) is 13.2 Å². The minimum Gasteiger partial charge on any atom is -0.493 e. The zero-order valence-corrected chi connectivity index (χ0v) is 13.2. The highest BCUT2D eigenvalue weighted by Gasteiger charge is 2.35. The number of benzene rings is 1. The number of ether oxygens (including phenoxy) is 3. The monoisotopic (exact) mass is 305 g/mol. The molecule has 1 aromatic carbocycles. The van der Waals surface area contributed by atoms with E-state index in [0.29, 0.717) is 24.7 Å². The first-order valence-electron chi connectivity index (χ1n) is 7.84. The molecule has 0 bridgehead atoms. The highest BCUT2D eigenvalue weighted by atomic mass is 16.5. The Morgan fingerprint density at radius 1 is 1.23 bits per heavy atom. The third-order valence-electron chi connectivity index (χ3n) is 4.61. The molecule has 2 aliphatic heterocycles. The van der Waals surface area contributed by atoms with Crippen LogP contribution in [0.5, 0.6) is 11.5 Å². The van der Waals surface area contributed by atoms with E-state index in [1.807, 2.05) is 23.1 Å². The Morgan fingerprint density at radius 3 is 2.73 bits per heavy atom. The van der Waals surface area contributed by atoms with Crippen LogP contribution in [-0.4, -0.2) is 44.8 Å². The second kappa shape index (κ2) is 6.57. The molecule has 2 fully saturated rings. The molecule has 2 heterocycles. The van der Waals surface area contributed by atoms with Crippen LogP contribution in [0.2, 0.25) is 0 Å². The van der Waals surface area contributed by atoms with Crippen molar-refractivity contribution in [3.05, 3.63) is 23.8 Å². The average Bonchev–Trinajstić information content (AvgIpc) is 3.24. The topological polar surface area (TPSA) is 48.0 Å².